The molecule has 16 heavy (non-hydrogen) atoms. The summed E-state index contributed by atoms with van der Waals surface area (Å²) in [5.41, 5.74) is 1.56. The first-order chi connectivity index (χ1) is 7.50. The van der Waals surface area contributed by atoms with Crippen molar-refractivity contribution in [2.45, 2.75) is 18.9 Å². The van der Waals surface area contributed by atoms with Crippen LogP contribution in [0.25, 0.3) is 0 Å². The minimum atomic E-state index is -0.911. The largest absolute Gasteiger partial charge is 0.480 e. The van der Waals surface area contributed by atoms with Gasteiger partial charge in [0.2, 0.25) is 0 Å². The fourth-order valence-electron chi connectivity index (χ4n) is 2.09. The summed E-state index contributed by atoms with van der Waals surface area (Å²) in [7, 11) is 0. The summed E-state index contributed by atoms with van der Waals surface area (Å²) in [4.78, 5) is 11.1. The number of carboxylic acid groups (broad SMARTS) is 1. The van der Waals surface area contributed by atoms with Crippen LogP contribution in [0.4, 0.5) is 0 Å². The maximum Gasteiger partial charge on any atom is 0.325 e. The number of hydrogen-bond donors (Lipinski definition) is 2. The van der Waals surface area contributed by atoms with Crippen LogP contribution in [0.3, 0.4) is 0 Å². The molecule has 2 rings (SSSR count). The van der Waals surface area contributed by atoms with Crippen molar-refractivity contribution in [3.63, 3.8) is 0 Å². The summed E-state index contributed by atoms with van der Waals surface area (Å²) >= 11 is 12.0. The average Bonchev–Trinajstić information content (AvgIpc) is 2.15. The van der Waals surface area contributed by atoms with Crippen molar-refractivity contribution in [1.82, 2.24) is 5.32 Å². The highest BCUT2D eigenvalue weighted by molar-refractivity contribution is 6.35. The summed E-state index contributed by atoms with van der Waals surface area (Å²) in [5, 5.41) is 13.1. The highest BCUT2D eigenvalue weighted by atomic mass is 35.5. The van der Waals surface area contributed by atoms with Gasteiger partial charge >= 0.3 is 5.97 Å². The van der Waals surface area contributed by atoms with Gasteiger partial charge in [-0.15, -0.1) is 0 Å². The lowest BCUT2D eigenvalue weighted by atomic mass is 9.87. The predicted octanol–water partition coefficient (Wildman–Crippen LogP) is 2.83. The van der Waals surface area contributed by atoms with E-state index in [1.165, 1.54) is 0 Å². The molecule has 0 fully saturated rings. The Morgan fingerprint density at radius 3 is 2.81 bits per heavy atom. The number of aliphatic carboxylic acids is 1. The van der Waals surface area contributed by atoms with Crippen molar-refractivity contribution < 1.29 is 9.90 Å². The first-order valence-corrected chi connectivity index (χ1v) is 5.71. The zero-order valence-corrected chi connectivity index (χ0v) is 10.1. The Morgan fingerprint density at radius 2 is 2.19 bits per heavy atom. The molecule has 1 aliphatic heterocycles. The van der Waals surface area contributed by atoms with Crippen LogP contribution in [-0.4, -0.2) is 17.6 Å². The van der Waals surface area contributed by atoms with Crippen LogP contribution >= 0.6 is 23.2 Å². The van der Waals surface area contributed by atoms with Crippen molar-refractivity contribution >= 4 is 29.2 Å². The second-order valence-electron chi connectivity index (χ2n) is 3.97. The normalized spacial score (nSPS) is 23.9. The molecule has 0 aliphatic carbocycles. The Kier molecular flexibility index (Phi) is 3.10. The van der Waals surface area contributed by atoms with Crippen LogP contribution in [0.15, 0.2) is 12.1 Å². The summed E-state index contributed by atoms with van der Waals surface area (Å²) in [6.45, 7) is 2.61. The summed E-state index contributed by atoms with van der Waals surface area (Å²) in [5.74, 6) is -0.721. The van der Waals surface area contributed by atoms with Gasteiger partial charge in [-0.05, 0) is 29.2 Å². The van der Waals surface area contributed by atoms with E-state index in [-0.39, 0.29) is 5.92 Å². The summed E-state index contributed by atoms with van der Waals surface area (Å²) in [6.07, 6.45) is 0. The van der Waals surface area contributed by atoms with Crippen molar-refractivity contribution in [2.24, 2.45) is 0 Å². The molecule has 86 valence electrons. The van der Waals surface area contributed by atoms with Crippen LogP contribution in [0.5, 0.6) is 0 Å². The molecule has 3 nitrogen and oxygen atoms in total. The molecule has 1 aliphatic rings. The number of nitrogens with one attached hydrogen (secondary N) is 1. The molecule has 0 bridgehead atoms. The molecule has 1 heterocycles. The van der Waals surface area contributed by atoms with Gasteiger partial charge in [-0.1, -0.05) is 30.1 Å². The van der Waals surface area contributed by atoms with E-state index in [0.29, 0.717) is 22.2 Å². The molecule has 2 unspecified atom stereocenters. The smallest absolute Gasteiger partial charge is 0.325 e. The standard InChI is InChI=1S/C11H11Cl2NO2/c1-5-4-14-10(11(15)16)7-2-6(12)3-8(13)9(5)7/h2-3,5,10,14H,4H2,1H3,(H,15,16). The zero-order valence-electron chi connectivity index (χ0n) is 8.63. The Labute approximate surface area is 103 Å². The van der Waals surface area contributed by atoms with Gasteiger partial charge in [0.1, 0.15) is 6.04 Å². The van der Waals surface area contributed by atoms with Gasteiger partial charge in [-0.3, -0.25) is 4.79 Å². The molecule has 1 aromatic carbocycles. The van der Waals surface area contributed by atoms with E-state index in [0.717, 1.165) is 5.56 Å². The molecule has 0 saturated heterocycles. The lowest BCUT2D eigenvalue weighted by molar-refractivity contribution is -0.139. The number of fused-ring (bicyclic) bond motifs is 1. The molecule has 0 aromatic heterocycles. The SMILES string of the molecule is CC1CNC(C(=O)O)c2cc(Cl)cc(Cl)c21. The van der Waals surface area contributed by atoms with E-state index in [9.17, 15) is 4.79 Å². The van der Waals surface area contributed by atoms with Gasteiger partial charge in [0.25, 0.3) is 0 Å². The van der Waals surface area contributed by atoms with Gasteiger partial charge in [0.15, 0.2) is 0 Å². The number of carboxylic acids is 1. The van der Waals surface area contributed by atoms with Crippen molar-refractivity contribution in [2.75, 3.05) is 6.54 Å². The van der Waals surface area contributed by atoms with Crippen LogP contribution in [0.1, 0.15) is 30.0 Å². The topological polar surface area (TPSA) is 49.3 Å². The Hall–Kier alpha value is -0.770. The summed E-state index contributed by atoms with van der Waals surface area (Å²) in [6, 6.07) is 2.61. The van der Waals surface area contributed by atoms with E-state index in [4.69, 9.17) is 28.3 Å². The number of benzene rings is 1. The van der Waals surface area contributed by atoms with E-state index < -0.39 is 12.0 Å². The lowest BCUT2D eigenvalue weighted by Gasteiger charge is -2.29. The Morgan fingerprint density at radius 1 is 1.50 bits per heavy atom. The van der Waals surface area contributed by atoms with Gasteiger partial charge in [-0.2, -0.15) is 0 Å². The molecular formula is C11H11Cl2NO2. The highest BCUT2D eigenvalue weighted by Gasteiger charge is 2.31. The third kappa shape index (κ3) is 1.90. The summed E-state index contributed by atoms with van der Waals surface area (Å²) < 4.78 is 0. The quantitative estimate of drug-likeness (QED) is 0.816. The van der Waals surface area contributed by atoms with Crippen molar-refractivity contribution in [1.29, 1.82) is 0 Å². The predicted molar refractivity (Wildman–Crippen MR) is 63.3 cm³/mol. The van der Waals surface area contributed by atoms with Crippen LogP contribution in [0, 0.1) is 0 Å². The molecule has 0 spiro atoms. The maximum atomic E-state index is 11.1. The fraction of sp³-hybridized carbons (Fsp3) is 0.364. The fourth-order valence-corrected chi connectivity index (χ4v) is 2.79. The third-order valence-corrected chi connectivity index (χ3v) is 3.34. The van der Waals surface area contributed by atoms with Crippen LogP contribution in [0.2, 0.25) is 10.0 Å². The Bertz CT molecular complexity index is 448. The van der Waals surface area contributed by atoms with Crippen molar-refractivity contribution in [3.05, 3.63) is 33.3 Å². The van der Waals surface area contributed by atoms with E-state index >= 15 is 0 Å². The van der Waals surface area contributed by atoms with Gasteiger partial charge in [-0.25, -0.2) is 0 Å². The second-order valence-corrected chi connectivity index (χ2v) is 4.81. The minimum Gasteiger partial charge on any atom is -0.480 e. The van der Waals surface area contributed by atoms with E-state index in [1.54, 1.807) is 12.1 Å². The number of carbonyl (C=O) groups is 1. The minimum absolute atomic E-state index is 0.190. The first-order valence-electron chi connectivity index (χ1n) is 4.95. The highest BCUT2D eigenvalue weighted by Crippen LogP contribution is 2.37. The number of halogens is 2. The maximum absolute atomic E-state index is 11.1. The zero-order chi connectivity index (χ0) is 11.9. The van der Waals surface area contributed by atoms with Crippen LogP contribution < -0.4 is 5.32 Å². The molecule has 0 amide bonds. The molecule has 0 radical (unpaired) electrons. The number of hydrogen-bond acceptors (Lipinski definition) is 2. The van der Waals surface area contributed by atoms with Gasteiger partial charge in [0, 0.05) is 16.6 Å². The van der Waals surface area contributed by atoms with E-state index in [2.05, 4.69) is 5.32 Å². The van der Waals surface area contributed by atoms with Gasteiger partial charge in [0.05, 0.1) is 0 Å². The van der Waals surface area contributed by atoms with Crippen molar-refractivity contribution in [3.8, 4) is 0 Å². The average molecular weight is 260 g/mol. The lowest BCUT2D eigenvalue weighted by Crippen LogP contribution is -2.36. The third-order valence-electron chi connectivity index (χ3n) is 2.81. The molecule has 1 aromatic rings. The first kappa shape index (κ1) is 11.7. The Balaban J connectivity index is 2.60. The molecular weight excluding hydrogens is 249 g/mol. The van der Waals surface area contributed by atoms with Gasteiger partial charge < -0.3 is 10.4 Å². The second kappa shape index (κ2) is 4.24. The molecule has 0 saturated carbocycles. The molecule has 2 atom stereocenters. The monoisotopic (exact) mass is 259 g/mol. The van der Waals surface area contributed by atoms with Crippen LogP contribution in [-0.2, 0) is 4.79 Å². The molecule has 2 N–H and O–H groups in total. The van der Waals surface area contributed by atoms with E-state index in [1.807, 2.05) is 6.92 Å². The number of rotatable bonds is 1. The molecule has 5 heteroatoms.